The van der Waals surface area contributed by atoms with Crippen molar-refractivity contribution in [3.63, 3.8) is 0 Å². The number of methoxy groups -OCH3 is 1. The number of pyridine rings is 1. The highest BCUT2D eigenvalue weighted by Gasteiger charge is 2.20. The number of aromatic nitrogens is 1. The molecule has 7 heteroatoms. The third kappa shape index (κ3) is 5.10. The van der Waals surface area contributed by atoms with Crippen molar-refractivity contribution in [3.8, 4) is 0 Å². The highest BCUT2D eigenvalue weighted by atomic mass is 32.2. The maximum atomic E-state index is 12.5. The van der Waals surface area contributed by atoms with Crippen LogP contribution in [0.2, 0.25) is 0 Å². The number of likely N-dealkylation sites (N-methyl/N-ethyl adjacent to an activating group) is 1. The number of nitrogens with one attached hydrogen (secondary N) is 1. The molecule has 130 valence electrons. The first kappa shape index (κ1) is 18.5. The summed E-state index contributed by atoms with van der Waals surface area (Å²) >= 11 is 0. The summed E-state index contributed by atoms with van der Waals surface area (Å²) in [4.78, 5) is 4.53. The van der Waals surface area contributed by atoms with Crippen LogP contribution in [-0.2, 0) is 27.8 Å². The first-order valence-corrected chi connectivity index (χ1v) is 9.13. The van der Waals surface area contributed by atoms with E-state index in [2.05, 4.69) is 10.3 Å². The molecule has 1 aromatic heterocycles. The molecule has 0 saturated carbocycles. The molecule has 0 bridgehead atoms. The van der Waals surface area contributed by atoms with E-state index < -0.39 is 10.0 Å². The van der Waals surface area contributed by atoms with Crippen LogP contribution in [0.25, 0.3) is 0 Å². The maximum absolute atomic E-state index is 12.5. The Balaban J connectivity index is 2.00. The summed E-state index contributed by atoms with van der Waals surface area (Å²) in [5.41, 5.74) is 1.85. The summed E-state index contributed by atoms with van der Waals surface area (Å²) in [6.07, 6.45) is 1.75. The average molecular weight is 349 g/mol. The minimum atomic E-state index is -3.50. The van der Waals surface area contributed by atoms with Gasteiger partial charge in [-0.3, -0.25) is 4.98 Å². The van der Waals surface area contributed by atoms with Crippen LogP contribution in [-0.4, -0.2) is 45.0 Å². The van der Waals surface area contributed by atoms with E-state index in [1.54, 1.807) is 38.6 Å². The molecule has 6 nitrogen and oxygen atoms in total. The molecule has 0 aliphatic carbocycles. The Labute approximate surface area is 143 Å². The minimum Gasteiger partial charge on any atom is -0.383 e. The van der Waals surface area contributed by atoms with Gasteiger partial charge in [-0.25, -0.2) is 8.42 Å². The van der Waals surface area contributed by atoms with Crippen molar-refractivity contribution in [2.45, 2.75) is 18.0 Å². The Bertz CT molecular complexity index is 736. The first-order chi connectivity index (χ1) is 11.5. The van der Waals surface area contributed by atoms with E-state index in [9.17, 15) is 8.42 Å². The fraction of sp³-hybridized carbons (Fsp3) is 0.353. The van der Waals surface area contributed by atoms with Gasteiger partial charge in [-0.1, -0.05) is 18.2 Å². The second kappa shape index (κ2) is 8.89. The van der Waals surface area contributed by atoms with Crippen LogP contribution >= 0.6 is 0 Å². The molecule has 1 aromatic carbocycles. The summed E-state index contributed by atoms with van der Waals surface area (Å²) in [5, 5.41) is 3.27. The lowest BCUT2D eigenvalue weighted by atomic mass is 10.2. The normalized spacial score (nSPS) is 11.8. The van der Waals surface area contributed by atoms with Gasteiger partial charge in [0.1, 0.15) is 0 Å². The molecule has 0 radical (unpaired) electrons. The van der Waals surface area contributed by atoms with Crippen molar-refractivity contribution < 1.29 is 13.2 Å². The molecule has 0 amide bonds. The molecule has 0 fully saturated rings. The van der Waals surface area contributed by atoms with E-state index in [-0.39, 0.29) is 0 Å². The van der Waals surface area contributed by atoms with E-state index in [1.165, 1.54) is 4.31 Å². The Kier molecular flexibility index (Phi) is 6.86. The van der Waals surface area contributed by atoms with E-state index >= 15 is 0 Å². The minimum absolute atomic E-state index is 0.290. The number of hydrogen-bond acceptors (Lipinski definition) is 5. The molecule has 0 spiro atoms. The smallest absolute Gasteiger partial charge is 0.242 e. The molecule has 0 atom stereocenters. The summed E-state index contributed by atoms with van der Waals surface area (Å²) < 4.78 is 31.3. The second-order valence-electron chi connectivity index (χ2n) is 5.39. The van der Waals surface area contributed by atoms with Crippen LogP contribution in [0.4, 0.5) is 0 Å². The Morgan fingerprint density at radius 2 is 2.00 bits per heavy atom. The van der Waals surface area contributed by atoms with Crippen LogP contribution in [0.5, 0.6) is 0 Å². The van der Waals surface area contributed by atoms with Gasteiger partial charge in [-0.05, 0) is 29.8 Å². The van der Waals surface area contributed by atoms with Gasteiger partial charge < -0.3 is 10.1 Å². The van der Waals surface area contributed by atoms with Gasteiger partial charge in [0.25, 0.3) is 0 Å². The number of nitrogens with zero attached hydrogens (tertiary/aromatic N) is 2. The third-order valence-electron chi connectivity index (χ3n) is 3.58. The number of benzene rings is 1. The van der Waals surface area contributed by atoms with Crippen molar-refractivity contribution in [1.82, 2.24) is 14.6 Å². The highest BCUT2D eigenvalue weighted by Crippen LogP contribution is 2.16. The fourth-order valence-electron chi connectivity index (χ4n) is 2.17. The van der Waals surface area contributed by atoms with Gasteiger partial charge in [0.05, 0.1) is 17.2 Å². The zero-order valence-electron chi connectivity index (χ0n) is 14.0. The van der Waals surface area contributed by atoms with E-state index in [0.29, 0.717) is 31.1 Å². The lowest BCUT2D eigenvalue weighted by Crippen LogP contribution is -2.30. The van der Waals surface area contributed by atoms with E-state index in [4.69, 9.17) is 4.74 Å². The van der Waals surface area contributed by atoms with Crippen molar-refractivity contribution in [1.29, 1.82) is 0 Å². The molecular formula is C17H23N3O3S. The predicted molar refractivity (Wildman–Crippen MR) is 92.9 cm³/mol. The second-order valence-corrected chi connectivity index (χ2v) is 7.44. The molecule has 2 aromatic rings. The van der Waals surface area contributed by atoms with Crippen LogP contribution in [0.3, 0.4) is 0 Å². The number of sulfonamides is 1. The monoisotopic (exact) mass is 349 g/mol. The molecule has 0 saturated heterocycles. The predicted octanol–water partition coefficient (Wildman–Crippen LogP) is 1.64. The SMILES string of the molecule is COCCN(C)S(=O)(=O)c1cccc(CNCc2ccccn2)c1. The zero-order valence-corrected chi connectivity index (χ0v) is 14.8. The Morgan fingerprint density at radius 3 is 2.71 bits per heavy atom. The van der Waals surface area contributed by atoms with Crippen LogP contribution in [0, 0.1) is 0 Å². The van der Waals surface area contributed by atoms with Crippen LogP contribution in [0.1, 0.15) is 11.3 Å². The lowest BCUT2D eigenvalue weighted by Gasteiger charge is -2.17. The van der Waals surface area contributed by atoms with Crippen molar-refractivity contribution in [2.24, 2.45) is 0 Å². The zero-order chi connectivity index (χ0) is 17.4. The summed E-state index contributed by atoms with van der Waals surface area (Å²) in [7, 11) is -0.392. The summed E-state index contributed by atoms with van der Waals surface area (Å²) in [6, 6.07) is 12.7. The van der Waals surface area contributed by atoms with Crippen LogP contribution in [0.15, 0.2) is 53.6 Å². The van der Waals surface area contributed by atoms with Gasteiger partial charge in [0.15, 0.2) is 0 Å². The van der Waals surface area contributed by atoms with Gasteiger partial charge >= 0.3 is 0 Å². The quantitative estimate of drug-likeness (QED) is 0.745. The van der Waals surface area contributed by atoms with E-state index in [1.807, 2.05) is 24.3 Å². The fourth-order valence-corrected chi connectivity index (χ4v) is 3.40. The molecule has 1 N–H and O–H groups in total. The molecule has 0 unspecified atom stereocenters. The number of hydrogen-bond donors (Lipinski definition) is 1. The maximum Gasteiger partial charge on any atom is 0.242 e. The number of rotatable bonds is 9. The van der Waals surface area contributed by atoms with E-state index in [0.717, 1.165) is 11.3 Å². The first-order valence-electron chi connectivity index (χ1n) is 7.69. The van der Waals surface area contributed by atoms with Gasteiger partial charge in [0.2, 0.25) is 10.0 Å². The molecule has 24 heavy (non-hydrogen) atoms. The highest BCUT2D eigenvalue weighted by molar-refractivity contribution is 7.89. The summed E-state index contributed by atoms with van der Waals surface area (Å²) in [5.74, 6) is 0. The topological polar surface area (TPSA) is 71.5 Å². The van der Waals surface area contributed by atoms with Gasteiger partial charge in [-0.15, -0.1) is 0 Å². The molecule has 1 heterocycles. The lowest BCUT2D eigenvalue weighted by molar-refractivity contribution is 0.185. The Morgan fingerprint density at radius 1 is 1.17 bits per heavy atom. The van der Waals surface area contributed by atoms with Crippen molar-refractivity contribution in [3.05, 3.63) is 59.9 Å². The Hall–Kier alpha value is -1.80. The van der Waals surface area contributed by atoms with Gasteiger partial charge in [-0.2, -0.15) is 4.31 Å². The van der Waals surface area contributed by atoms with Crippen LogP contribution < -0.4 is 5.32 Å². The molecule has 0 aliphatic rings. The molecular weight excluding hydrogens is 326 g/mol. The third-order valence-corrected chi connectivity index (χ3v) is 5.43. The van der Waals surface area contributed by atoms with Crippen molar-refractivity contribution in [2.75, 3.05) is 27.3 Å². The average Bonchev–Trinajstić information content (AvgIpc) is 2.60. The standard InChI is InChI=1S/C17H23N3O3S/c1-20(10-11-23-2)24(21,22)17-8-5-6-15(12-17)13-18-14-16-7-3-4-9-19-16/h3-9,12,18H,10-11,13-14H2,1-2H3. The number of ether oxygens (including phenoxy) is 1. The molecule has 2 rings (SSSR count). The summed E-state index contributed by atoms with van der Waals surface area (Å²) in [6.45, 7) is 1.88. The van der Waals surface area contributed by atoms with Crippen molar-refractivity contribution >= 4 is 10.0 Å². The molecule has 0 aliphatic heterocycles. The largest absolute Gasteiger partial charge is 0.383 e. The van der Waals surface area contributed by atoms with Gasteiger partial charge in [0, 0.05) is 40.0 Å².